The first-order valence-electron chi connectivity index (χ1n) is 5.19. The zero-order chi connectivity index (χ0) is 13.2. The summed E-state index contributed by atoms with van der Waals surface area (Å²) >= 11 is 1.09. The Morgan fingerprint density at radius 3 is 2.47 bits per heavy atom. The molecule has 0 aromatic carbocycles. The predicted octanol–water partition coefficient (Wildman–Crippen LogP) is 1.61. The third-order valence-corrected chi connectivity index (χ3v) is 2.84. The minimum Gasteiger partial charge on any atom is -0.477 e. The Morgan fingerprint density at radius 2 is 2.00 bits per heavy atom. The van der Waals surface area contributed by atoms with Gasteiger partial charge >= 0.3 is 5.97 Å². The zero-order valence-electron chi connectivity index (χ0n) is 10.3. The molecule has 0 aliphatic carbocycles. The Kier molecular flexibility index (Phi) is 3.87. The normalized spacial score (nSPS) is 11.3. The molecule has 6 heteroatoms. The van der Waals surface area contributed by atoms with Gasteiger partial charge in [-0.25, -0.2) is 9.78 Å². The number of carboxylic acid groups (broad SMARTS) is 1. The first kappa shape index (κ1) is 13.6. The van der Waals surface area contributed by atoms with Crippen LogP contribution in [-0.2, 0) is 11.2 Å². The second-order valence-electron chi connectivity index (χ2n) is 4.79. The highest BCUT2D eigenvalue weighted by Gasteiger charge is 2.20. The molecule has 0 unspecified atom stereocenters. The Labute approximate surface area is 104 Å². The molecule has 1 amide bonds. The summed E-state index contributed by atoms with van der Waals surface area (Å²) in [6.45, 7) is 7.34. The molecule has 17 heavy (non-hydrogen) atoms. The number of aryl methyl sites for hydroxylation is 1. The Morgan fingerprint density at radius 1 is 1.41 bits per heavy atom. The summed E-state index contributed by atoms with van der Waals surface area (Å²) < 4.78 is 0. The van der Waals surface area contributed by atoms with Crippen molar-refractivity contribution >= 4 is 23.2 Å². The van der Waals surface area contributed by atoms with Crippen molar-refractivity contribution in [3.63, 3.8) is 0 Å². The number of aromatic nitrogens is 1. The van der Waals surface area contributed by atoms with Gasteiger partial charge in [0, 0.05) is 5.54 Å². The number of rotatable bonds is 3. The fourth-order valence-electron chi connectivity index (χ4n) is 1.37. The van der Waals surface area contributed by atoms with Crippen LogP contribution in [0.4, 0.5) is 0 Å². The van der Waals surface area contributed by atoms with Crippen molar-refractivity contribution < 1.29 is 14.7 Å². The van der Waals surface area contributed by atoms with Crippen LogP contribution in [-0.4, -0.2) is 27.5 Å². The fourth-order valence-corrected chi connectivity index (χ4v) is 2.15. The van der Waals surface area contributed by atoms with Crippen LogP contribution in [0.5, 0.6) is 0 Å². The first-order valence-corrected chi connectivity index (χ1v) is 6.01. The summed E-state index contributed by atoms with van der Waals surface area (Å²) in [6.07, 6.45) is 0.00322. The molecule has 1 aromatic heterocycles. The molecule has 0 saturated heterocycles. The molecule has 0 aliphatic rings. The monoisotopic (exact) mass is 256 g/mol. The van der Waals surface area contributed by atoms with Gasteiger partial charge in [-0.3, -0.25) is 4.79 Å². The molecule has 1 heterocycles. The van der Waals surface area contributed by atoms with Crippen LogP contribution < -0.4 is 5.32 Å². The minimum absolute atomic E-state index is 0.00322. The second-order valence-corrected chi connectivity index (χ2v) is 5.99. The smallest absolute Gasteiger partial charge is 0.347 e. The number of carbonyl (C=O) groups excluding carboxylic acids is 1. The van der Waals surface area contributed by atoms with Gasteiger partial charge in [0.25, 0.3) is 0 Å². The first-order chi connectivity index (χ1) is 7.69. The van der Waals surface area contributed by atoms with Crippen LogP contribution in [0.15, 0.2) is 0 Å². The number of aromatic carboxylic acids is 1. The molecule has 0 spiro atoms. The van der Waals surface area contributed by atoms with Crippen molar-refractivity contribution in [2.45, 2.75) is 39.7 Å². The van der Waals surface area contributed by atoms with E-state index >= 15 is 0 Å². The Bertz CT molecular complexity index is 446. The van der Waals surface area contributed by atoms with E-state index in [2.05, 4.69) is 10.3 Å². The van der Waals surface area contributed by atoms with E-state index in [1.165, 1.54) is 0 Å². The van der Waals surface area contributed by atoms with E-state index in [0.29, 0.717) is 10.7 Å². The van der Waals surface area contributed by atoms with Crippen LogP contribution >= 0.6 is 11.3 Å². The second kappa shape index (κ2) is 4.83. The Balaban J connectivity index is 2.81. The van der Waals surface area contributed by atoms with Gasteiger partial charge < -0.3 is 10.4 Å². The van der Waals surface area contributed by atoms with Crippen LogP contribution in [0.1, 0.15) is 41.1 Å². The van der Waals surface area contributed by atoms with Gasteiger partial charge in [0.15, 0.2) is 0 Å². The molecule has 0 bridgehead atoms. The maximum absolute atomic E-state index is 11.7. The topological polar surface area (TPSA) is 79.3 Å². The summed E-state index contributed by atoms with van der Waals surface area (Å²) in [6, 6.07) is 0. The lowest BCUT2D eigenvalue weighted by molar-refractivity contribution is -0.121. The molecule has 0 aliphatic heterocycles. The average Bonchev–Trinajstić information content (AvgIpc) is 2.42. The molecule has 0 atom stereocenters. The average molecular weight is 256 g/mol. The Hall–Kier alpha value is -1.43. The number of nitrogens with one attached hydrogen (secondary N) is 1. The summed E-state index contributed by atoms with van der Waals surface area (Å²) in [5, 5.41) is 12.4. The molecular weight excluding hydrogens is 240 g/mol. The number of hydrogen-bond donors (Lipinski definition) is 2. The maximum Gasteiger partial charge on any atom is 0.347 e. The van der Waals surface area contributed by atoms with Crippen LogP contribution in [0, 0.1) is 6.92 Å². The van der Waals surface area contributed by atoms with E-state index in [4.69, 9.17) is 5.11 Å². The highest BCUT2D eigenvalue weighted by atomic mass is 32.1. The molecule has 1 aromatic rings. The van der Waals surface area contributed by atoms with Crippen LogP contribution in [0.2, 0.25) is 0 Å². The number of thiazole rings is 1. The fraction of sp³-hybridized carbons (Fsp3) is 0.545. The third kappa shape index (κ3) is 4.14. The largest absolute Gasteiger partial charge is 0.477 e. The number of carboxylic acids is 1. The SMILES string of the molecule is Cc1nc(CC(=O)NC(C)(C)C)c(C(=O)O)s1. The summed E-state index contributed by atoms with van der Waals surface area (Å²) in [7, 11) is 0. The van der Waals surface area contributed by atoms with Crippen LogP contribution in [0.25, 0.3) is 0 Å². The molecular formula is C11H16N2O3S. The van der Waals surface area contributed by atoms with Gasteiger partial charge in [0.1, 0.15) is 4.88 Å². The molecule has 94 valence electrons. The zero-order valence-corrected chi connectivity index (χ0v) is 11.1. The summed E-state index contributed by atoms with van der Waals surface area (Å²) in [4.78, 5) is 26.8. The van der Waals surface area contributed by atoms with E-state index in [9.17, 15) is 9.59 Å². The molecule has 2 N–H and O–H groups in total. The number of hydrogen-bond acceptors (Lipinski definition) is 4. The molecule has 5 nitrogen and oxygen atoms in total. The lowest BCUT2D eigenvalue weighted by Gasteiger charge is -2.20. The van der Waals surface area contributed by atoms with E-state index in [1.807, 2.05) is 20.8 Å². The number of amides is 1. The number of nitrogens with zero attached hydrogens (tertiary/aromatic N) is 1. The van der Waals surface area contributed by atoms with Crippen LogP contribution in [0.3, 0.4) is 0 Å². The molecule has 0 radical (unpaired) electrons. The van der Waals surface area contributed by atoms with Crippen molar-refractivity contribution in [3.8, 4) is 0 Å². The maximum atomic E-state index is 11.7. The number of carbonyl (C=O) groups is 2. The van der Waals surface area contributed by atoms with E-state index in [-0.39, 0.29) is 22.7 Å². The van der Waals surface area contributed by atoms with Gasteiger partial charge in [0.2, 0.25) is 5.91 Å². The van der Waals surface area contributed by atoms with Gasteiger partial charge in [-0.2, -0.15) is 0 Å². The van der Waals surface area contributed by atoms with Crippen molar-refractivity contribution in [3.05, 3.63) is 15.6 Å². The summed E-state index contributed by atoms with van der Waals surface area (Å²) in [5.74, 6) is -1.25. The van der Waals surface area contributed by atoms with Gasteiger partial charge in [0.05, 0.1) is 17.1 Å². The third-order valence-electron chi connectivity index (χ3n) is 1.84. The minimum atomic E-state index is -1.03. The van der Waals surface area contributed by atoms with Gasteiger partial charge in [-0.05, 0) is 27.7 Å². The quantitative estimate of drug-likeness (QED) is 0.861. The van der Waals surface area contributed by atoms with E-state index in [1.54, 1.807) is 6.92 Å². The van der Waals surface area contributed by atoms with Crippen molar-refractivity contribution in [1.29, 1.82) is 0 Å². The van der Waals surface area contributed by atoms with Crippen molar-refractivity contribution in [2.75, 3.05) is 0 Å². The molecule has 1 rings (SSSR count). The molecule has 0 fully saturated rings. The van der Waals surface area contributed by atoms with Crippen molar-refractivity contribution in [1.82, 2.24) is 10.3 Å². The lowest BCUT2D eigenvalue weighted by atomic mass is 10.1. The van der Waals surface area contributed by atoms with Gasteiger partial charge in [-0.15, -0.1) is 11.3 Å². The van der Waals surface area contributed by atoms with E-state index in [0.717, 1.165) is 11.3 Å². The molecule has 0 saturated carbocycles. The standard InChI is InChI=1S/C11H16N2O3S/c1-6-12-7(9(17-6)10(15)16)5-8(14)13-11(2,3)4/h5H2,1-4H3,(H,13,14)(H,15,16). The van der Waals surface area contributed by atoms with Crippen molar-refractivity contribution in [2.24, 2.45) is 0 Å². The van der Waals surface area contributed by atoms with E-state index < -0.39 is 5.97 Å². The highest BCUT2D eigenvalue weighted by molar-refractivity contribution is 7.13. The van der Waals surface area contributed by atoms with Gasteiger partial charge in [-0.1, -0.05) is 0 Å². The highest BCUT2D eigenvalue weighted by Crippen LogP contribution is 2.18. The summed E-state index contributed by atoms with van der Waals surface area (Å²) in [5.41, 5.74) is 0.00711. The lowest BCUT2D eigenvalue weighted by Crippen LogP contribution is -2.41. The predicted molar refractivity (Wildman–Crippen MR) is 65.4 cm³/mol.